The fraction of sp³-hybridized carbons (Fsp3) is 0.696. The Hall–Kier alpha value is -1.79. The molecular formula is C23H37N3O3. The van der Waals surface area contributed by atoms with E-state index in [-0.39, 0.29) is 0 Å². The average molecular weight is 404 g/mol. The normalized spacial score (nSPS) is 22.0. The van der Waals surface area contributed by atoms with Crippen LogP contribution in [0.5, 0.6) is 5.75 Å². The third kappa shape index (κ3) is 6.61. The first-order valence-electron chi connectivity index (χ1n) is 11.0. The molecule has 6 heteroatoms. The number of hydrogen-bond donors (Lipinski definition) is 1. The lowest BCUT2D eigenvalue weighted by molar-refractivity contribution is -0.0367. The number of likely N-dealkylation sites (tertiary alicyclic amines) is 1. The summed E-state index contributed by atoms with van der Waals surface area (Å²) in [6, 6.07) is 8.37. The molecule has 0 radical (unpaired) electrons. The van der Waals surface area contributed by atoms with Crippen LogP contribution in [0.3, 0.4) is 0 Å². The van der Waals surface area contributed by atoms with E-state index in [0.29, 0.717) is 18.1 Å². The first-order valence-corrected chi connectivity index (χ1v) is 11.0. The van der Waals surface area contributed by atoms with Crippen LogP contribution in [0.25, 0.3) is 0 Å². The van der Waals surface area contributed by atoms with Crippen LogP contribution in [-0.2, 0) is 9.47 Å². The molecule has 0 aliphatic carbocycles. The molecule has 0 bridgehead atoms. The number of benzene rings is 1. The molecule has 0 spiro atoms. The van der Waals surface area contributed by atoms with E-state index in [9.17, 15) is 0 Å². The van der Waals surface area contributed by atoms with Gasteiger partial charge < -0.3 is 24.4 Å². The molecule has 0 saturated carbocycles. The number of nitrogens with zero attached hydrogens (tertiary/aromatic N) is 2. The maximum Gasteiger partial charge on any atom is 0.193 e. The second-order valence-corrected chi connectivity index (χ2v) is 8.09. The highest BCUT2D eigenvalue weighted by atomic mass is 16.5. The number of piperidine rings is 1. The van der Waals surface area contributed by atoms with E-state index >= 15 is 0 Å². The van der Waals surface area contributed by atoms with Crippen molar-refractivity contribution >= 4 is 5.96 Å². The molecule has 162 valence electrons. The summed E-state index contributed by atoms with van der Waals surface area (Å²) in [6.45, 7) is 6.80. The lowest BCUT2D eigenvalue weighted by atomic mass is 9.98. The van der Waals surface area contributed by atoms with E-state index in [1.165, 1.54) is 12.0 Å². The first kappa shape index (κ1) is 21.9. The van der Waals surface area contributed by atoms with Crippen molar-refractivity contribution in [2.75, 3.05) is 47.0 Å². The van der Waals surface area contributed by atoms with Gasteiger partial charge in [0.1, 0.15) is 5.75 Å². The molecule has 2 aliphatic rings. The summed E-state index contributed by atoms with van der Waals surface area (Å²) in [7, 11) is 3.57. The van der Waals surface area contributed by atoms with Gasteiger partial charge in [0.2, 0.25) is 0 Å². The number of rotatable bonds is 8. The summed E-state index contributed by atoms with van der Waals surface area (Å²) >= 11 is 0. The van der Waals surface area contributed by atoms with Crippen LogP contribution in [0.2, 0.25) is 0 Å². The molecule has 0 aromatic heterocycles. The second kappa shape index (κ2) is 11.4. The van der Waals surface area contributed by atoms with Gasteiger partial charge in [0.05, 0.1) is 25.9 Å². The number of aliphatic imine (C=N–C) groups is 1. The largest absolute Gasteiger partial charge is 0.497 e. The fourth-order valence-electron chi connectivity index (χ4n) is 4.09. The Kier molecular flexibility index (Phi) is 8.62. The Morgan fingerprint density at radius 1 is 1.24 bits per heavy atom. The molecule has 1 aromatic rings. The fourth-order valence-corrected chi connectivity index (χ4v) is 4.09. The maximum atomic E-state index is 6.09. The van der Waals surface area contributed by atoms with Crippen LogP contribution >= 0.6 is 0 Å². The second-order valence-electron chi connectivity index (χ2n) is 8.09. The lowest BCUT2D eigenvalue weighted by Crippen LogP contribution is -2.47. The summed E-state index contributed by atoms with van der Waals surface area (Å²) in [4.78, 5) is 6.84. The molecule has 1 aromatic carbocycles. The van der Waals surface area contributed by atoms with Crippen LogP contribution < -0.4 is 10.1 Å². The van der Waals surface area contributed by atoms with Crippen LogP contribution in [0.4, 0.5) is 0 Å². The highest BCUT2D eigenvalue weighted by Gasteiger charge is 2.24. The van der Waals surface area contributed by atoms with E-state index in [1.54, 1.807) is 7.11 Å². The highest BCUT2D eigenvalue weighted by Crippen LogP contribution is 2.22. The van der Waals surface area contributed by atoms with E-state index in [4.69, 9.17) is 14.2 Å². The third-order valence-corrected chi connectivity index (χ3v) is 6.04. The van der Waals surface area contributed by atoms with Gasteiger partial charge in [-0.1, -0.05) is 19.1 Å². The number of ether oxygens (including phenoxy) is 3. The minimum atomic E-state index is 0.315. The molecule has 2 unspecified atom stereocenters. The third-order valence-electron chi connectivity index (χ3n) is 6.04. The van der Waals surface area contributed by atoms with Gasteiger partial charge in [-0.3, -0.25) is 4.99 Å². The molecule has 2 atom stereocenters. The van der Waals surface area contributed by atoms with Gasteiger partial charge in [-0.2, -0.15) is 0 Å². The van der Waals surface area contributed by atoms with Gasteiger partial charge in [-0.25, -0.2) is 0 Å². The molecule has 2 fully saturated rings. The van der Waals surface area contributed by atoms with E-state index < -0.39 is 0 Å². The molecule has 0 amide bonds. The highest BCUT2D eigenvalue weighted by molar-refractivity contribution is 5.79. The Labute approximate surface area is 175 Å². The van der Waals surface area contributed by atoms with Gasteiger partial charge in [0.25, 0.3) is 0 Å². The van der Waals surface area contributed by atoms with Crippen LogP contribution in [0, 0.1) is 0 Å². The summed E-state index contributed by atoms with van der Waals surface area (Å²) in [6.07, 6.45) is 6.15. The number of guanidine groups is 1. The zero-order valence-electron chi connectivity index (χ0n) is 18.2. The lowest BCUT2D eigenvalue weighted by Gasteiger charge is -2.34. The Bertz CT molecular complexity index is 621. The number of hydrogen-bond acceptors (Lipinski definition) is 4. The summed E-state index contributed by atoms with van der Waals surface area (Å²) in [5, 5.41) is 3.54. The monoisotopic (exact) mass is 403 g/mol. The van der Waals surface area contributed by atoms with Gasteiger partial charge in [-0.05, 0) is 55.7 Å². The predicted octanol–water partition coefficient (Wildman–Crippen LogP) is 3.42. The smallest absolute Gasteiger partial charge is 0.193 e. The molecule has 29 heavy (non-hydrogen) atoms. The van der Waals surface area contributed by atoms with Crippen molar-refractivity contribution in [2.45, 2.75) is 57.2 Å². The minimum absolute atomic E-state index is 0.315. The van der Waals surface area contributed by atoms with Gasteiger partial charge in [0, 0.05) is 33.3 Å². The van der Waals surface area contributed by atoms with Crippen molar-refractivity contribution in [3.8, 4) is 5.75 Å². The maximum absolute atomic E-state index is 6.09. The summed E-state index contributed by atoms with van der Waals surface area (Å²) in [5.74, 6) is 2.40. The SMILES string of the molecule is CN=C(NCCC(C)c1ccc(OC)cc1)N1CCC(OCC2CCCO2)CC1. The number of nitrogens with one attached hydrogen (secondary N) is 1. The van der Waals surface area contributed by atoms with E-state index in [1.807, 2.05) is 19.2 Å². The Balaban J connectivity index is 1.35. The van der Waals surface area contributed by atoms with Gasteiger partial charge in [0.15, 0.2) is 5.96 Å². The standard InChI is InChI=1S/C23H37N3O3/c1-18(19-6-8-20(27-3)9-7-19)10-13-25-23(24-2)26-14-11-21(12-15-26)29-17-22-5-4-16-28-22/h6-9,18,21-22H,4-5,10-17H2,1-3H3,(H,24,25). The van der Waals surface area contributed by atoms with E-state index in [2.05, 4.69) is 34.3 Å². The Morgan fingerprint density at radius 3 is 2.62 bits per heavy atom. The molecule has 2 aliphatic heterocycles. The van der Waals surface area contributed by atoms with Crippen LogP contribution in [0.15, 0.2) is 29.3 Å². The zero-order chi connectivity index (χ0) is 20.5. The van der Waals surface area contributed by atoms with Gasteiger partial charge >= 0.3 is 0 Å². The summed E-state index contributed by atoms with van der Waals surface area (Å²) < 4.78 is 17.0. The van der Waals surface area contributed by atoms with Crippen molar-refractivity contribution in [1.29, 1.82) is 0 Å². The molecular weight excluding hydrogens is 366 g/mol. The molecule has 1 N–H and O–H groups in total. The Morgan fingerprint density at radius 2 is 2.00 bits per heavy atom. The zero-order valence-corrected chi connectivity index (χ0v) is 18.2. The van der Waals surface area contributed by atoms with E-state index in [0.717, 1.165) is 70.2 Å². The quantitative estimate of drug-likeness (QED) is 0.532. The van der Waals surface area contributed by atoms with Crippen molar-refractivity contribution < 1.29 is 14.2 Å². The summed E-state index contributed by atoms with van der Waals surface area (Å²) in [5.41, 5.74) is 1.34. The number of methoxy groups -OCH3 is 1. The molecule has 3 rings (SSSR count). The molecule has 2 heterocycles. The topological polar surface area (TPSA) is 55.3 Å². The first-order chi connectivity index (χ1) is 14.2. The van der Waals surface area contributed by atoms with Crippen LogP contribution in [0.1, 0.15) is 50.5 Å². The predicted molar refractivity (Wildman–Crippen MR) is 117 cm³/mol. The molecule has 6 nitrogen and oxygen atoms in total. The average Bonchev–Trinajstić information content (AvgIpc) is 3.29. The van der Waals surface area contributed by atoms with Gasteiger partial charge in [-0.15, -0.1) is 0 Å². The van der Waals surface area contributed by atoms with Crippen LogP contribution in [-0.4, -0.2) is 70.1 Å². The van der Waals surface area contributed by atoms with Crippen molar-refractivity contribution in [2.24, 2.45) is 4.99 Å². The minimum Gasteiger partial charge on any atom is -0.497 e. The van der Waals surface area contributed by atoms with Crippen molar-refractivity contribution in [3.05, 3.63) is 29.8 Å². The van der Waals surface area contributed by atoms with Crippen molar-refractivity contribution in [3.63, 3.8) is 0 Å². The molecule has 2 saturated heterocycles. The van der Waals surface area contributed by atoms with Crippen molar-refractivity contribution in [1.82, 2.24) is 10.2 Å².